The minimum atomic E-state index is -0.194. The number of nitrogens with zero attached hydrogens (tertiary/aromatic N) is 2. The molecule has 0 saturated carbocycles. The zero-order valence-corrected chi connectivity index (χ0v) is 14.6. The number of hydrogen-bond donors (Lipinski definition) is 1. The van der Waals surface area contributed by atoms with E-state index in [1.165, 1.54) is 57.0 Å². The Bertz CT molecular complexity index is 736. The Morgan fingerprint density at radius 1 is 1.24 bits per heavy atom. The maximum absolute atomic E-state index is 13.6. The summed E-state index contributed by atoms with van der Waals surface area (Å²) in [5.41, 5.74) is 3.13. The molecule has 4 heteroatoms. The molecule has 1 N–H and O–H groups in total. The first-order valence-electron chi connectivity index (χ1n) is 9.46. The Morgan fingerprint density at radius 3 is 3.04 bits per heavy atom. The topological polar surface area (TPSA) is 31.9 Å². The molecule has 1 fully saturated rings. The van der Waals surface area contributed by atoms with Crippen molar-refractivity contribution in [2.45, 2.75) is 38.0 Å². The average molecular weight is 339 g/mol. The molecule has 2 aliphatic rings. The number of rotatable bonds is 4. The summed E-state index contributed by atoms with van der Waals surface area (Å²) < 4.78 is 13.6. The van der Waals surface area contributed by atoms with Crippen molar-refractivity contribution in [2.24, 2.45) is 5.92 Å². The van der Waals surface area contributed by atoms with Crippen molar-refractivity contribution in [3.05, 3.63) is 54.1 Å². The molecule has 2 unspecified atom stereocenters. The third kappa shape index (κ3) is 3.84. The monoisotopic (exact) mass is 339 g/mol. The zero-order valence-electron chi connectivity index (χ0n) is 14.6. The minimum Gasteiger partial charge on any atom is -0.302 e. The summed E-state index contributed by atoms with van der Waals surface area (Å²) in [4.78, 5) is 2.62. The van der Waals surface area contributed by atoms with Gasteiger partial charge in [0.25, 0.3) is 0 Å². The summed E-state index contributed by atoms with van der Waals surface area (Å²) in [6.07, 6.45) is 12.6. The van der Waals surface area contributed by atoms with Gasteiger partial charge < -0.3 is 4.90 Å². The Kier molecular flexibility index (Phi) is 4.97. The van der Waals surface area contributed by atoms with Crippen molar-refractivity contribution in [3.63, 3.8) is 0 Å². The second-order valence-electron chi connectivity index (χ2n) is 7.46. The number of benzene rings is 1. The number of hydrogen-bond acceptors (Lipinski definition) is 2. The predicted molar refractivity (Wildman–Crippen MR) is 98.9 cm³/mol. The molecular weight excluding hydrogens is 313 g/mol. The van der Waals surface area contributed by atoms with E-state index in [1.807, 2.05) is 12.3 Å². The van der Waals surface area contributed by atoms with E-state index < -0.39 is 0 Å². The Labute approximate surface area is 148 Å². The van der Waals surface area contributed by atoms with Crippen molar-refractivity contribution >= 4 is 0 Å². The highest BCUT2D eigenvalue weighted by Crippen LogP contribution is 2.34. The number of allylic oxidation sites excluding steroid dienone is 2. The van der Waals surface area contributed by atoms with E-state index in [4.69, 9.17) is 0 Å². The van der Waals surface area contributed by atoms with Crippen LogP contribution in [-0.4, -0.2) is 34.7 Å². The highest BCUT2D eigenvalue weighted by atomic mass is 19.1. The SMILES string of the molecule is Fc1cccc(-c2cn[nH]c2C2CCCN(CC3CC=CCC3)C2)c1. The fraction of sp³-hybridized carbons (Fsp3) is 0.476. The molecular formula is C21H26FN3. The van der Waals surface area contributed by atoms with Gasteiger partial charge in [0.1, 0.15) is 5.82 Å². The number of halogens is 1. The summed E-state index contributed by atoms with van der Waals surface area (Å²) in [5.74, 6) is 1.06. The molecule has 1 aromatic heterocycles. The first kappa shape index (κ1) is 16.5. The molecule has 1 aromatic carbocycles. The molecule has 1 aliphatic heterocycles. The molecule has 4 rings (SSSR count). The molecule has 0 bridgehead atoms. The molecule has 1 aliphatic carbocycles. The first-order valence-corrected chi connectivity index (χ1v) is 9.46. The summed E-state index contributed by atoms with van der Waals surface area (Å²) >= 11 is 0. The van der Waals surface area contributed by atoms with Gasteiger partial charge in [0.15, 0.2) is 0 Å². The van der Waals surface area contributed by atoms with E-state index in [0.29, 0.717) is 5.92 Å². The van der Waals surface area contributed by atoms with E-state index >= 15 is 0 Å². The van der Waals surface area contributed by atoms with Gasteiger partial charge in [-0.05, 0) is 62.3 Å². The van der Waals surface area contributed by atoms with Gasteiger partial charge in [-0.2, -0.15) is 5.10 Å². The van der Waals surface area contributed by atoms with Crippen LogP contribution in [0.5, 0.6) is 0 Å². The predicted octanol–water partition coefficient (Wildman–Crippen LogP) is 4.75. The molecule has 0 radical (unpaired) electrons. The van der Waals surface area contributed by atoms with Crippen molar-refractivity contribution in [3.8, 4) is 11.1 Å². The van der Waals surface area contributed by atoms with E-state index in [2.05, 4.69) is 27.2 Å². The fourth-order valence-electron chi connectivity index (χ4n) is 4.34. The van der Waals surface area contributed by atoms with Gasteiger partial charge in [0.2, 0.25) is 0 Å². The van der Waals surface area contributed by atoms with Crippen LogP contribution in [0.25, 0.3) is 11.1 Å². The second kappa shape index (κ2) is 7.52. The number of piperidine rings is 1. The maximum atomic E-state index is 13.6. The van der Waals surface area contributed by atoms with Crippen LogP contribution in [0.2, 0.25) is 0 Å². The molecule has 2 atom stereocenters. The smallest absolute Gasteiger partial charge is 0.123 e. The Balaban J connectivity index is 1.48. The number of nitrogens with one attached hydrogen (secondary N) is 1. The number of aromatic nitrogens is 2. The van der Waals surface area contributed by atoms with Crippen molar-refractivity contribution in [2.75, 3.05) is 19.6 Å². The van der Waals surface area contributed by atoms with Crippen LogP contribution >= 0.6 is 0 Å². The quantitative estimate of drug-likeness (QED) is 0.815. The molecule has 1 saturated heterocycles. The molecule has 2 aromatic rings. The van der Waals surface area contributed by atoms with Crippen LogP contribution in [0.15, 0.2) is 42.6 Å². The summed E-state index contributed by atoms with van der Waals surface area (Å²) in [6.45, 7) is 3.47. The molecule has 0 spiro atoms. The lowest BCUT2D eigenvalue weighted by Gasteiger charge is -2.35. The number of likely N-dealkylation sites (tertiary alicyclic amines) is 1. The Hall–Kier alpha value is -1.94. The highest BCUT2D eigenvalue weighted by molar-refractivity contribution is 5.65. The Morgan fingerprint density at radius 2 is 2.20 bits per heavy atom. The lowest BCUT2D eigenvalue weighted by molar-refractivity contribution is 0.173. The van der Waals surface area contributed by atoms with Gasteiger partial charge in [-0.25, -0.2) is 4.39 Å². The minimum absolute atomic E-state index is 0.194. The van der Waals surface area contributed by atoms with Crippen LogP contribution in [0.4, 0.5) is 4.39 Å². The summed E-state index contributed by atoms with van der Waals surface area (Å²) in [6, 6.07) is 6.82. The van der Waals surface area contributed by atoms with Crippen LogP contribution in [0, 0.1) is 11.7 Å². The summed E-state index contributed by atoms with van der Waals surface area (Å²) in [7, 11) is 0. The molecule has 132 valence electrons. The van der Waals surface area contributed by atoms with Crippen LogP contribution in [-0.2, 0) is 0 Å². The van der Waals surface area contributed by atoms with Crippen LogP contribution in [0.3, 0.4) is 0 Å². The van der Waals surface area contributed by atoms with Crippen LogP contribution < -0.4 is 0 Å². The fourth-order valence-corrected chi connectivity index (χ4v) is 4.34. The van der Waals surface area contributed by atoms with Crippen molar-refractivity contribution in [1.29, 1.82) is 0 Å². The summed E-state index contributed by atoms with van der Waals surface area (Å²) in [5, 5.41) is 7.48. The molecule has 2 heterocycles. The number of H-pyrrole nitrogens is 1. The van der Waals surface area contributed by atoms with E-state index in [9.17, 15) is 4.39 Å². The lowest BCUT2D eigenvalue weighted by Crippen LogP contribution is -2.38. The van der Waals surface area contributed by atoms with Gasteiger partial charge in [0.05, 0.1) is 6.20 Å². The number of aromatic amines is 1. The van der Waals surface area contributed by atoms with Crippen molar-refractivity contribution in [1.82, 2.24) is 15.1 Å². The largest absolute Gasteiger partial charge is 0.302 e. The van der Waals surface area contributed by atoms with Gasteiger partial charge >= 0.3 is 0 Å². The molecule has 0 amide bonds. The maximum Gasteiger partial charge on any atom is 0.123 e. The zero-order chi connectivity index (χ0) is 17.1. The van der Waals surface area contributed by atoms with E-state index in [1.54, 1.807) is 12.1 Å². The molecule has 3 nitrogen and oxygen atoms in total. The lowest BCUT2D eigenvalue weighted by atomic mass is 9.88. The third-order valence-corrected chi connectivity index (χ3v) is 5.61. The van der Waals surface area contributed by atoms with Crippen LogP contribution in [0.1, 0.15) is 43.7 Å². The molecule has 25 heavy (non-hydrogen) atoms. The average Bonchev–Trinajstić information content (AvgIpc) is 3.13. The van der Waals surface area contributed by atoms with Gasteiger partial charge in [-0.3, -0.25) is 5.10 Å². The van der Waals surface area contributed by atoms with Gasteiger partial charge in [-0.15, -0.1) is 0 Å². The third-order valence-electron chi connectivity index (χ3n) is 5.61. The van der Waals surface area contributed by atoms with Gasteiger partial charge in [0, 0.05) is 30.3 Å². The highest BCUT2D eigenvalue weighted by Gasteiger charge is 2.26. The van der Waals surface area contributed by atoms with E-state index in [-0.39, 0.29) is 5.82 Å². The second-order valence-corrected chi connectivity index (χ2v) is 7.46. The first-order chi connectivity index (χ1) is 12.3. The van der Waals surface area contributed by atoms with Crippen molar-refractivity contribution < 1.29 is 4.39 Å². The standard InChI is InChI=1S/C21H26FN3/c22-19-10-4-8-17(12-19)20-13-23-24-21(20)18-9-5-11-25(15-18)14-16-6-2-1-3-7-16/h1-2,4,8,10,12-13,16,18H,3,5-7,9,11,14-15H2,(H,23,24). The van der Waals surface area contributed by atoms with Gasteiger partial charge in [-0.1, -0.05) is 24.3 Å². The normalized spacial score (nSPS) is 24.5. The van der Waals surface area contributed by atoms with E-state index in [0.717, 1.165) is 23.6 Å².